The molecule has 11 nitrogen and oxygen atoms in total. The number of carbonyl (C=O) groups is 4. The third-order valence-corrected chi connectivity index (χ3v) is 6.56. The maximum absolute atomic E-state index is 13.5. The standard InChI is InChI=1S/C28H27ClN6O5/c29-20-8-11-22(35(31)13-12-30)23(15-20)33-16-26(37)34(17-25(33)36)24(14-18-4-2-1-3-5-18)27(38)32-21-9-6-19(7-10-21)28(39)40/h1-13,15,24H,14,16-17,30-31H2,(H,32,38)(H,39,40)/b13-12-. The van der Waals surface area contributed by atoms with Crippen LogP contribution in [0.15, 0.2) is 85.2 Å². The molecule has 0 spiro atoms. The lowest BCUT2D eigenvalue weighted by Gasteiger charge is -2.39. The topological polar surface area (TPSA) is 162 Å². The first-order valence-corrected chi connectivity index (χ1v) is 12.6. The normalized spacial score (nSPS) is 14.3. The molecule has 0 radical (unpaired) electrons. The second-order valence-corrected chi connectivity index (χ2v) is 9.40. The first kappa shape index (κ1) is 28.1. The van der Waals surface area contributed by atoms with Crippen LogP contribution >= 0.6 is 11.6 Å². The average Bonchev–Trinajstić information content (AvgIpc) is 2.93. The number of rotatable bonds is 9. The van der Waals surface area contributed by atoms with Crippen molar-refractivity contribution in [2.24, 2.45) is 11.6 Å². The van der Waals surface area contributed by atoms with Gasteiger partial charge in [-0.15, -0.1) is 0 Å². The molecule has 3 amide bonds. The van der Waals surface area contributed by atoms with Crippen LogP contribution in [-0.4, -0.2) is 52.8 Å². The predicted molar refractivity (Wildman–Crippen MR) is 151 cm³/mol. The summed E-state index contributed by atoms with van der Waals surface area (Å²) in [5, 5.41) is 13.4. The van der Waals surface area contributed by atoms with Gasteiger partial charge in [0.05, 0.1) is 16.9 Å². The van der Waals surface area contributed by atoms with E-state index in [1.165, 1.54) is 57.5 Å². The number of halogens is 1. The number of hydrogen-bond donors (Lipinski definition) is 4. The summed E-state index contributed by atoms with van der Waals surface area (Å²) >= 11 is 6.20. The van der Waals surface area contributed by atoms with Gasteiger partial charge in [-0.2, -0.15) is 0 Å². The number of nitrogens with zero attached hydrogens (tertiary/aromatic N) is 3. The molecule has 1 unspecified atom stereocenters. The third-order valence-electron chi connectivity index (χ3n) is 6.32. The molecule has 1 heterocycles. The first-order chi connectivity index (χ1) is 19.2. The van der Waals surface area contributed by atoms with Gasteiger partial charge in [-0.05, 0) is 48.0 Å². The van der Waals surface area contributed by atoms with Crippen molar-refractivity contribution >= 4 is 52.4 Å². The van der Waals surface area contributed by atoms with Crippen LogP contribution < -0.4 is 26.8 Å². The van der Waals surface area contributed by atoms with Gasteiger partial charge >= 0.3 is 5.97 Å². The molecule has 12 heteroatoms. The number of aromatic carboxylic acids is 1. The summed E-state index contributed by atoms with van der Waals surface area (Å²) in [6, 6.07) is 18.4. The lowest BCUT2D eigenvalue weighted by atomic mass is 10.0. The number of nitrogens with two attached hydrogens (primary N) is 2. The van der Waals surface area contributed by atoms with Crippen molar-refractivity contribution < 1.29 is 24.3 Å². The van der Waals surface area contributed by atoms with Gasteiger partial charge in [-0.25, -0.2) is 10.6 Å². The lowest BCUT2D eigenvalue weighted by molar-refractivity contribution is -0.143. The number of anilines is 3. The van der Waals surface area contributed by atoms with Crippen molar-refractivity contribution in [1.29, 1.82) is 0 Å². The van der Waals surface area contributed by atoms with E-state index >= 15 is 0 Å². The van der Waals surface area contributed by atoms with E-state index < -0.39 is 29.7 Å². The Kier molecular flexibility index (Phi) is 8.67. The number of carboxylic acids is 1. The Balaban J connectivity index is 1.61. The van der Waals surface area contributed by atoms with E-state index in [2.05, 4.69) is 5.32 Å². The van der Waals surface area contributed by atoms with E-state index in [0.29, 0.717) is 22.1 Å². The zero-order valence-electron chi connectivity index (χ0n) is 21.2. The Morgan fingerprint density at radius 2 is 1.73 bits per heavy atom. The molecule has 4 rings (SSSR count). The van der Waals surface area contributed by atoms with Crippen molar-refractivity contribution in [2.45, 2.75) is 12.5 Å². The molecule has 1 saturated heterocycles. The molecule has 1 fully saturated rings. The van der Waals surface area contributed by atoms with Crippen LogP contribution in [0.4, 0.5) is 17.1 Å². The number of benzene rings is 3. The molecule has 0 bridgehead atoms. The average molecular weight is 563 g/mol. The van der Waals surface area contributed by atoms with Crippen LogP contribution in [0.3, 0.4) is 0 Å². The Bertz CT molecular complexity index is 1450. The molecule has 0 aromatic heterocycles. The van der Waals surface area contributed by atoms with E-state index in [0.717, 1.165) is 5.56 Å². The zero-order valence-corrected chi connectivity index (χ0v) is 22.0. The Hall–Kier alpha value is -4.87. The molecule has 0 aliphatic carbocycles. The minimum Gasteiger partial charge on any atom is -0.478 e. The molecule has 206 valence electrons. The second-order valence-electron chi connectivity index (χ2n) is 8.96. The van der Waals surface area contributed by atoms with E-state index in [1.807, 2.05) is 30.3 Å². The summed E-state index contributed by atoms with van der Waals surface area (Å²) < 4.78 is 0. The highest BCUT2D eigenvalue weighted by Gasteiger charge is 2.39. The Morgan fingerprint density at radius 3 is 2.38 bits per heavy atom. The molecule has 1 aliphatic rings. The van der Waals surface area contributed by atoms with Gasteiger partial charge in [-0.3, -0.25) is 24.3 Å². The highest BCUT2D eigenvalue weighted by Crippen LogP contribution is 2.33. The van der Waals surface area contributed by atoms with Crippen LogP contribution in [-0.2, 0) is 20.8 Å². The molecule has 3 aromatic carbocycles. The molecule has 0 saturated carbocycles. The van der Waals surface area contributed by atoms with Gasteiger partial charge in [-0.1, -0.05) is 41.9 Å². The third kappa shape index (κ3) is 6.40. The molecule has 1 aliphatic heterocycles. The fraction of sp³-hybridized carbons (Fsp3) is 0.143. The fourth-order valence-electron chi connectivity index (χ4n) is 4.34. The number of hydrazine groups is 1. The minimum absolute atomic E-state index is 0.0640. The quantitative estimate of drug-likeness (QED) is 0.228. The van der Waals surface area contributed by atoms with Crippen molar-refractivity contribution in [2.75, 3.05) is 28.3 Å². The highest BCUT2D eigenvalue weighted by molar-refractivity contribution is 6.31. The summed E-state index contributed by atoms with van der Waals surface area (Å²) in [6.45, 7) is -0.719. The monoisotopic (exact) mass is 562 g/mol. The number of nitrogens with one attached hydrogen (secondary N) is 1. The molecule has 6 N–H and O–H groups in total. The van der Waals surface area contributed by atoms with Crippen molar-refractivity contribution in [3.8, 4) is 0 Å². The molecule has 1 atom stereocenters. The molecular weight excluding hydrogens is 536 g/mol. The Morgan fingerprint density at radius 1 is 1.02 bits per heavy atom. The molecular formula is C28H27ClN6O5. The van der Waals surface area contributed by atoms with Crippen LogP contribution in [0, 0.1) is 0 Å². The van der Waals surface area contributed by atoms with Gasteiger partial charge in [0.2, 0.25) is 17.7 Å². The summed E-state index contributed by atoms with van der Waals surface area (Å²) in [6.07, 6.45) is 2.77. The lowest BCUT2D eigenvalue weighted by Crippen LogP contribution is -2.60. The molecule has 3 aromatic rings. The summed E-state index contributed by atoms with van der Waals surface area (Å²) in [5.74, 6) is 3.53. The van der Waals surface area contributed by atoms with Gasteiger partial charge in [0.25, 0.3) is 0 Å². The van der Waals surface area contributed by atoms with E-state index in [4.69, 9.17) is 28.3 Å². The van der Waals surface area contributed by atoms with Gasteiger partial charge in [0.15, 0.2) is 0 Å². The van der Waals surface area contributed by atoms with Crippen LogP contribution in [0.1, 0.15) is 15.9 Å². The van der Waals surface area contributed by atoms with Crippen molar-refractivity contribution in [3.63, 3.8) is 0 Å². The van der Waals surface area contributed by atoms with Crippen molar-refractivity contribution in [3.05, 3.63) is 101 Å². The Labute approximate surface area is 235 Å². The van der Waals surface area contributed by atoms with E-state index in [9.17, 15) is 19.2 Å². The highest BCUT2D eigenvalue weighted by atomic mass is 35.5. The number of carbonyl (C=O) groups excluding carboxylic acids is 3. The van der Waals surface area contributed by atoms with Gasteiger partial charge in [0.1, 0.15) is 19.1 Å². The van der Waals surface area contributed by atoms with Crippen LogP contribution in [0.2, 0.25) is 5.02 Å². The number of amides is 3. The molecule has 40 heavy (non-hydrogen) atoms. The van der Waals surface area contributed by atoms with Gasteiger partial charge in [0, 0.05) is 29.5 Å². The minimum atomic E-state index is -1.10. The second kappa shape index (κ2) is 12.3. The first-order valence-electron chi connectivity index (χ1n) is 12.2. The number of hydrogen-bond acceptors (Lipinski definition) is 7. The number of carboxylic acid groups (broad SMARTS) is 1. The van der Waals surface area contributed by atoms with Crippen molar-refractivity contribution in [1.82, 2.24) is 4.90 Å². The van der Waals surface area contributed by atoms with Crippen LogP contribution in [0.5, 0.6) is 0 Å². The maximum atomic E-state index is 13.5. The SMILES string of the molecule is N/C=C\N(N)c1ccc(Cl)cc1N1CC(=O)N(C(Cc2ccccc2)C(=O)Nc2ccc(C(=O)O)cc2)CC1=O. The smallest absolute Gasteiger partial charge is 0.335 e. The maximum Gasteiger partial charge on any atom is 0.335 e. The summed E-state index contributed by atoms with van der Waals surface area (Å²) in [4.78, 5) is 54.1. The van der Waals surface area contributed by atoms with E-state index in [-0.39, 0.29) is 25.1 Å². The van der Waals surface area contributed by atoms with Crippen LogP contribution in [0.25, 0.3) is 0 Å². The number of piperazine rings is 1. The fourth-order valence-corrected chi connectivity index (χ4v) is 4.51. The zero-order chi connectivity index (χ0) is 28.8. The van der Waals surface area contributed by atoms with Gasteiger partial charge < -0.3 is 21.1 Å². The summed E-state index contributed by atoms with van der Waals surface area (Å²) in [7, 11) is 0. The van der Waals surface area contributed by atoms with E-state index in [1.54, 1.807) is 12.1 Å². The predicted octanol–water partition coefficient (Wildman–Crippen LogP) is 2.57. The largest absolute Gasteiger partial charge is 0.478 e. The summed E-state index contributed by atoms with van der Waals surface area (Å²) in [5.41, 5.74) is 7.37.